The number of amides is 2. The van der Waals surface area contributed by atoms with Crippen molar-refractivity contribution in [2.75, 3.05) is 7.05 Å². The summed E-state index contributed by atoms with van der Waals surface area (Å²) < 4.78 is 5.49. The van der Waals surface area contributed by atoms with E-state index in [0.717, 1.165) is 28.0 Å². The van der Waals surface area contributed by atoms with E-state index in [9.17, 15) is 9.59 Å². The Balaban J connectivity index is 1.48. The Morgan fingerprint density at radius 2 is 1.42 bits per heavy atom. The van der Waals surface area contributed by atoms with Gasteiger partial charge in [0, 0.05) is 19.2 Å². The van der Waals surface area contributed by atoms with Gasteiger partial charge in [0.2, 0.25) is 5.91 Å². The predicted octanol–water partition coefficient (Wildman–Crippen LogP) is 5.08. The molecule has 0 saturated heterocycles. The van der Waals surface area contributed by atoms with E-state index < -0.39 is 0 Å². The Morgan fingerprint density at radius 3 is 2.06 bits per heavy atom. The van der Waals surface area contributed by atoms with Gasteiger partial charge in [-0.15, -0.1) is 0 Å². The minimum Gasteiger partial charge on any atom is -0.467 e. The molecule has 0 aliphatic carbocycles. The Labute approximate surface area is 193 Å². The lowest BCUT2D eigenvalue weighted by atomic mass is 10.0. The Hall–Kier alpha value is -4.12. The van der Waals surface area contributed by atoms with Gasteiger partial charge in [-0.05, 0) is 46.5 Å². The van der Waals surface area contributed by atoms with Crippen LogP contribution < -0.4 is 5.32 Å². The Morgan fingerprint density at radius 1 is 0.758 bits per heavy atom. The highest BCUT2D eigenvalue weighted by molar-refractivity contribution is 5.93. The third-order valence-electron chi connectivity index (χ3n) is 5.51. The molecule has 1 aromatic heterocycles. The molecule has 0 unspecified atom stereocenters. The second-order valence-corrected chi connectivity index (χ2v) is 7.84. The predicted molar refractivity (Wildman–Crippen MR) is 128 cm³/mol. The maximum Gasteiger partial charge on any atom is 0.251 e. The zero-order valence-electron chi connectivity index (χ0n) is 18.5. The molecular formula is C28H26N2O3. The molecule has 0 bridgehead atoms. The van der Waals surface area contributed by atoms with Crippen molar-refractivity contribution >= 4 is 11.8 Å². The van der Waals surface area contributed by atoms with Crippen molar-refractivity contribution in [3.05, 3.63) is 120 Å². The quantitative estimate of drug-likeness (QED) is 0.417. The summed E-state index contributed by atoms with van der Waals surface area (Å²) in [4.78, 5) is 26.8. The van der Waals surface area contributed by atoms with Gasteiger partial charge in [0.05, 0.1) is 19.2 Å². The fourth-order valence-electron chi connectivity index (χ4n) is 3.68. The van der Waals surface area contributed by atoms with Crippen LogP contribution in [0.15, 0.2) is 102 Å². The lowest BCUT2D eigenvalue weighted by Crippen LogP contribution is -2.31. The van der Waals surface area contributed by atoms with E-state index >= 15 is 0 Å². The van der Waals surface area contributed by atoms with Crippen molar-refractivity contribution < 1.29 is 14.0 Å². The van der Waals surface area contributed by atoms with E-state index in [1.165, 1.54) is 0 Å². The van der Waals surface area contributed by atoms with E-state index in [-0.39, 0.29) is 11.8 Å². The summed E-state index contributed by atoms with van der Waals surface area (Å²) in [5, 5.41) is 2.62. The van der Waals surface area contributed by atoms with Gasteiger partial charge in [0.15, 0.2) is 0 Å². The van der Waals surface area contributed by atoms with Crippen LogP contribution in [0.25, 0.3) is 11.1 Å². The zero-order chi connectivity index (χ0) is 23.0. The molecule has 4 rings (SSSR count). The molecule has 0 fully saturated rings. The number of carbonyl (C=O) groups excluding carboxylic acids is 2. The Bertz CT molecular complexity index is 1180. The number of rotatable bonds is 8. The van der Waals surface area contributed by atoms with Gasteiger partial charge in [-0.2, -0.15) is 0 Å². The number of furan rings is 1. The molecule has 5 nitrogen and oxygen atoms in total. The first-order valence-electron chi connectivity index (χ1n) is 10.9. The number of hydrogen-bond acceptors (Lipinski definition) is 3. The van der Waals surface area contributed by atoms with Crippen LogP contribution in [0.5, 0.6) is 0 Å². The van der Waals surface area contributed by atoms with E-state index in [0.29, 0.717) is 25.1 Å². The highest BCUT2D eigenvalue weighted by atomic mass is 16.3. The van der Waals surface area contributed by atoms with Crippen molar-refractivity contribution in [1.29, 1.82) is 0 Å². The lowest BCUT2D eigenvalue weighted by Gasteiger charge is -2.22. The van der Waals surface area contributed by atoms with Gasteiger partial charge >= 0.3 is 0 Å². The maximum absolute atomic E-state index is 13.2. The molecule has 33 heavy (non-hydrogen) atoms. The molecule has 4 aromatic rings. The van der Waals surface area contributed by atoms with Crippen LogP contribution in [0.4, 0.5) is 0 Å². The van der Waals surface area contributed by atoms with E-state index in [4.69, 9.17) is 4.42 Å². The normalized spacial score (nSPS) is 10.6. The van der Waals surface area contributed by atoms with Crippen molar-refractivity contribution in [1.82, 2.24) is 10.2 Å². The molecule has 1 N–H and O–H groups in total. The minimum atomic E-state index is -0.135. The topological polar surface area (TPSA) is 62.6 Å². The van der Waals surface area contributed by atoms with Crippen molar-refractivity contribution in [2.45, 2.75) is 19.5 Å². The summed E-state index contributed by atoms with van der Waals surface area (Å²) in [5.74, 6) is 0.600. The molecule has 166 valence electrons. The first-order chi connectivity index (χ1) is 16.1. The average Bonchev–Trinajstić information content (AvgIpc) is 3.38. The third-order valence-corrected chi connectivity index (χ3v) is 5.51. The fraction of sp³-hybridized carbons (Fsp3) is 0.143. The molecule has 0 aliphatic rings. The summed E-state index contributed by atoms with van der Waals surface area (Å²) in [6.45, 7) is 0.806. The average molecular weight is 439 g/mol. The van der Waals surface area contributed by atoms with Gasteiger partial charge in [-0.25, -0.2) is 0 Å². The molecule has 0 radical (unpaired) electrons. The van der Waals surface area contributed by atoms with E-state index in [1.54, 1.807) is 30.3 Å². The summed E-state index contributed by atoms with van der Waals surface area (Å²) in [5.41, 5.74) is 4.76. The number of carbonyl (C=O) groups is 2. The van der Waals surface area contributed by atoms with Gasteiger partial charge in [0.1, 0.15) is 5.76 Å². The van der Waals surface area contributed by atoms with Crippen LogP contribution in [0, 0.1) is 0 Å². The SMILES string of the molecule is CNC(=O)c1ccc(CN(Cc2ccco2)C(=O)Cc2ccc(-c3ccccc3)cc2)cc1. The van der Waals surface area contributed by atoms with Crippen molar-refractivity contribution in [3.63, 3.8) is 0 Å². The second kappa shape index (κ2) is 10.5. The van der Waals surface area contributed by atoms with Gasteiger partial charge in [-0.3, -0.25) is 9.59 Å². The van der Waals surface area contributed by atoms with Crippen LogP contribution in [0.3, 0.4) is 0 Å². The maximum atomic E-state index is 13.2. The molecule has 0 aliphatic heterocycles. The van der Waals surface area contributed by atoms with E-state index in [2.05, 4.69) is 17.4 Å². The molecule has 0 atom stereocenters. The van der Waals surface area contributed by atoms with Crippen molar-refractivity contribution in [3.8, 4) is 11.1 Å². The van der Waals surface area contributed by atoms with Gasteiger partial charge in [0.25, 0.3) is 5.91 Å². The highest BCUT2D eigenvalue weighted by Crippen LogP contribution is 2.20. The van der Waals surface area contributed by atoms with E-state index in [1.807, 2.05) is 66.7 Å². The monoisotopic (exact) mass is 438 g/mol. The number of benzene rings is 3. The highest BCUT2D eigenvalue weighted by Gasteiger charge is 2.17. The number of nitrogens with one attached hydrogen (secondary N) is 1. The zero-order valence-corrected chi connectivity index (χ0v) is 18.5. The van der Waals surface area contributed by atoms with Crippen LogP contribution in [0.2, 0.25) is 0 Å². The standard InChI is InChI=1S/C28H26N2O3/c1-29-28(32)25-15-11-22(12-16-25)19-30(20-26-8-5-17-33-26)27(31)18-21-9-13-24(14-10-21)23-6-3-2-4-7-23/h2-17H,18-20H2,1H3,(H,29,32). The first-order valence-corrected chi connectivity index (χ1v) is 10.9. The Kier molecular flexibility index (Phi) is 7.00. The molecule has 3 aromatic carbocycles. The van der Waals surface area contributed by atoms with Crippen LogP contribution >= 0.6 is 0 Å². The smallest absolute Gasteiger partial charge is 0.251 e. The molecule has 2 amide bonds. The number of nitrogens with zero attached hydrogens (tertiary/aromatic N) is 1. The van der Waals surface area contributed by atoms with Crippen LogP contribution in [-0.4, -0.2) is 23.8 Å². The molecule has 0 saturated carbocycles. The largest absolute Gasteiger partial charge is 0.467 e. The first kappa shape index (κ1) is 22.1. The van der Waals surface area contributed by atoms with Gasteiger partial charge in [-0.1, -0.05) is 66.7 Å². The molecular weight excluding hydrogens is 412 g/mol. The van der Waals surface area contributed by atoms with Crippen LogP contribution in [-0.2, 0) is 24.3 Å². The summed E-state index contributed by atoms with van der Waals surface area (Å²) in [6.07, 6.45) is 1.91. The summed E-state index contributed by atoms with van der Waals surface area (Å²) >= 11 is 0. The number of hydrogen-bond donors (Lipinski definition) is 1. The van der Waals surface area contributed by atoms with Gasteiger partial charge < -0.3 is 14.6 Å². The summed E-state index contributed by atoms with van der Waals surface area (Å²) in [7, 11) is 1.60. The third kappa shape index (κ3) is 5.77. The minimum absolute atomic E-state index is 0.00855. The summed E-state index contributed by atoms with van der Waals surface area (Å²) in [6, 6.07) is 29.2. The lowest BCUT2D eigenvalue weighted by molar-refractivity contribution is -0.132. The van der Waals surface area contributed by atoms with Crippen molar-refractivity contribution in [2.24, 2.45) is 0 Å². The van der Waals surface area contributed by atoms with Crippen LogP contribution in [0.1, 0.15) is 27.2 Å². The fourth-order valence-corrected chi connectivity index (χ4v) is 3.68. The molecule has 0 spiro atoms. The molecule has 1 heterocycles. The second-order valence-electron chi connectivity index (χ2n) is 7.84. The molecule has 5 heteroatoms.